The Balaban J connectivity index is 1.74. The monoisotopic (exact) mass is 281 g/mol. The highest BCUT2D eigenvalue weighted by atomic mass is 14.8. The van der Waals surface area contributed by atoms with Crippen molar-refractivity contribution in [2.45, 2.75) is 97.3 Å². The van der Waals surface area contributed by atoms with Gasteiger partial charge in [0.25, 0.3) is 0 Å². The number of hydrogen-bond donors (Lipinski definition) is 1. The summed E-state index contributed by atoms with van der Waals surface area (Å²) >= 11 is 0. The summed E-state index contributed by atoms with van der Waals surface area (Å²) in [6.45, 7) is 7.21. The molecule has 0 bridgehead atoms. The standard InChI is InChI=1S/C19H39N/c1-3-4-5-6-7-8-9-10-16-20-17-15-19-13-11-18(2)12-14-19/h18-20H,3-17H2,1-2H3. The van der Waals surface area contributed by atoms with Gasteiger partial charge in [-0.3, -0.25) is 0 Å². The van der Waals surface area contributed by atoms with Crippen LogP contribution in [-0.4, -0.2) is 13.1 Å². The zero-order valence-corrected chi connectivity index (χ0v) is 14.3. The van der Waals surface area contributed by atoms with Crippen molar-refractivity contribution in [3.05, 3.63) is 0 Å². The van der Waals surface area contributed by atoms with E-state index < -0.39 is 0 Å². The maximum absolute atomic E-state index is 3.66. The highest BCUT2D eigenvalue weighted by molar-refractivity contribution is 4.70. The molecule has 20 heavy (non-hydrogen) atoms. The van der Waals surface area contributed by atoms with Crippen molar-refractivity contribution in [3.63, 3.8) is 0 Å². The molecule has 120 valence electrons. The Kier molecular flexibility index (Phi) is 11.4. The van der Waals surface area contributed by atoms with Gasteiger partial charge in [-0.1, -0.05) is 84.5 Å². The lowest BCUT2D eigenvalue weighted by Crippen LogP contribution is -2.21. The minimum atomic E-state index is 0.997. The summed E-state index contributed by atoms with van der Waals surface area (Å²) < 4.78 is 0. The quantitative estimate of drug-likeness (QED) is 0.437. The fraction of sp³-hybridized carbons (Fsp3) is 1.00. The predicted molar refractivity (Wildman–Crippen MR) is 91.2 cm³/mol. The first-order valence-corrected chi connectivity index (χ1v) is 9.53. The third kappa shape index (κ3) is 9.80. The number of nitrogens with one attached hydrogen (secondary N) is 1. The van der Waals surface area contributed by atoms with E-state index in [1.807, 2.05) is 0 Å². The molecular weight excluding hydrogens is 242 g/mol. The minimum Gasteiger partial charge on any atom is -0.317 e. The summed E-state index contributed by atoms with van der Waals surface area (Å²) in [6.07, 6.45) is 18.8. The third-order valence-corrected chi connectivity index (χ3v) is 5.07. The van der Waals surface area contributed by atoms with E-state index in [4.69, 9.17) is 0 Å². The first-order valence-electron chi connectivity index (χ1n) is 9.53. The number of unbranched alkanes of at least 4 members (excludes halogenated alkanes) is 7. The number of rotatable bonds is 12. The molecule has 0 unspecified atom stereocenters. The zero-order chi connectivity index (χ0) is 14.5. The molecular formula is C19H39N. The lowest BCUT2D eigenvalue weighted by atomic mass is 9.81. The van der Waals surface area contributed by atoms with Crippen LogP contribution in [-0.2, 0) is 0 Å². The Morgan fingerprint density at radius 3 is 2.00 bits per heavy atom. The fourth-order valence-corrected chi connectivity index (χ4v) is 3.43. The molecule has 0 heterocycles. The Bertz CT molecular complexity index is 194. The minimum absolute atomic E-state index is 0.997. The average Bonchev–Trinajstić information content (AvgIpc) is 2.47. The summed E-state index contributed by atoms with van der Waals surface area (Å²) in [5.41, 5.74) is 0. The second-order valence-electron chi connectivity index (χ2n) is 7.14. The summed E-state index contributed by atoms with van der Waals surface area (Å²) in [6, 6.07) is 0. The molecule has 1 aliphatic rings. The van der Waals surface area contributed by atoms with Gasteiger partial charge in [-0.15, -0.1) is 0 Å². The van der Waals surface area contributed by atoms with E-state index >= 15 is 0 Å². The predicted octanol–water partition coefficient (Wildman–Crippen LogP) is 5.93. The van der Waals surface area contributed by atoms with E-state index in [2.05, 4.69) is 19.2 Å². The molecule has 1 rings (SSSR count). The Morgan fingerprint density at radius 1 is 0.750 bits per heavy atom. The maximum Gasteiger partial charge on any atom is -0.00463 e. The van der Waals surface area contributed by atoms with Crippen molar-refractivity contribution in [2.75, 3.05) is 13.1 Å². The molecule has 0 aliphatic heterocycles. The van der Waals surface area contributed by atoms with Gasteiger partial charge in [-0.05, 0) is 37.8 Å². The van der Waals surface area contributed by atoms with Gasteiger partial charge in [0.15, 0.2) is 0 Å². The first kappa shape index (κ1) is 18.0. The van der Waals surface area contributed by atoms with Crippen molar-refractivity contribution < 1.29 is 0 Å². The van der Waals surface area contributed by atoms with Crippen molar-refractivity contribution in [1.82, 2.24) is 5.32 Å². The van der Waals surface area contributed by atoms with Crippen molar-refractivity contribution in [1.29, 1.82) is 0 Å². The molecule has 1 fully saturated rings. The molecule has 0 aromatic carbocycles. The molecule has 0 aromatic heterocycles. The molecule has 0 saturated heterocycles. The van der Waals surface area contributed by atoms with Crippen LogP contribution in [0.4, 0.5) is 0 Å². The van der Waals surface area contributed by atoms with Crippen LogP contribution in [0.15, 0.2) is 0 Å². The second kappa shape index (κ2) is 12.7. The summed E-state index contributed by atoms with van der Waals surface area (Å²) in [4.78, 5) is 0. The van der Waals surface area contributed by atoms with Crippen LogP contribution in [0.3, 0.4) is 0 Å². The van der Waals surface area contributed by atoms with Gasteiger partial charge in [-0.25, -0.2) is 0 Å². The Hall–Kier alpha value is -0.0400. The average molecular weight is 282 g/mol. The molecule has 1 saturated carbocycles. The maximum atomic E-state index is 3.66. The van der Waals surface area contributed by atoms with E-state index in [0.29, 0.717) is 0 Å². The van der Waals surface area contributed by atoms with Crippen molar-refractivity contribution >= 4 is 0 Å². The van der Waals surface area contributed by atoms with Crippen LogP contribution in [0, 0.1) is 11.8 Å². The summed E-state index contributed by atoms with van der Waals surface area (Å²) in [5.74, 6) is 2.02. The number of hydrogen-bond acceptors (Lipinski definition) is 1. The molecule has 1 heteroatoms. The summed E-state index contributed by atoms with van der Waals surface area (Å²) in [5, 5.41) is 3.66. The van der Waals surface area contributed by atoms with E-state index in [1.165, 1.54) is 96.6 Å². The van der Waals surface area contributed by atoms with Crippen LogP contribution in [0.5, 0.6) is 0 Å². The van der Waals surface area contributed by atoms with E-state index in [-0.39, 0.29) is 0 Å². The lowest BCUT2D eigenvalue weighted by molar-refractivity contribution is 0.275. The van der Waals surface area contributed by atoms with Gasteiger partial charge in [0.05, 0.1) is 0 Å². The van der Waals surface area contributed by atoms with Gasteiger partial charge >= 0.3 is 0 Å². The second-order valence-corrected chi connectivity index (χ2v) is 7.14. The van der Waals surface area contributed by atoms with E-state index in [9.17, 15) is 0 Å². The first-order chi connectivity index (χ1) is 9.83. The lowest BCUT2D eigenvalue weighted by Gasteiger charge is -2.26. The van der Waals surface area contributed by atoms with E-state index in [0.717, 1.165) is 11.8 Å². The van der Waals surface area contributed by atoms with Gasteiger partial charge < -0.3 is 5.32 Å². The SMILES string of the molecule is CCCCCCCCCCNCCC1CCC(C)CC1. The van der Waals surface area contributed by atoms with Crippen LogP contribution in [0.25, 0.3) is 0 Å². The molecule has 0 atom stereocenters. The van der Waals surface area contributed by atoms with Crippen LogP contribution in [0.2, 0.25) is 0 Å². The fourth-order valence-electron chi connectivity index (χ4n) is 3.43. The van der Waals surface area contributed by atoms with Gasteiger partial charge in [0.1, 0.15) is 0 Å². The highest BCUT2D eigenvalue weighted by Gasteiger charge is 2.17. The summed E-state index contributed by atoms with van der Waals surface area (Å²) in [7, 11) is 0. The van der Waals surface area contributed by atoms with Crippen LogP contribution < -0.4 is 5.32 Å². The molecule has 1 aliphatic carbocycles. The molecule has 0 spiro atoms. The molecule has 0 radical (unpaired) electrons. The Labute approximate surface area is 128 Å². The van der Waals surface area contributed by atoms with Crippen molar-refractivity contribution in [3.8, 4) is 0 Å². The highest BCUT2D eigenvalue weighted by Crippen LogP contribution is 2.29. The van der Waals surface area contributed by atoms with E-state index in [1.54, 1.807) is 0 Å². The normalized spacial score (nSPS) is 23.1. The van der Waals surface area contributed by atoms with Crippen LogP contribution in [0.1, 0.15) is 97.3 Å². The van der Waals surface area contributed by atoms with Gasteiger partial charge in [0.2, 0.25) is 0 Å². The van der Waals surface area contributed by atoms with Gasteiger partial charge in [0, 0.05) is 0 Å². The Morgan fingerprint density at radius 2 is 1.35 bits per heavy atom. The molecule has 0 amide bonds. The van der Waals surface area contributed by atoms with Crippen molar-refractivity contribution in [2.24, 2.45) is 11.8 Å². The molecule has 1 nitrogen and oxygen atoms in total. The third-order valence-electron chi connectivity index (χ3n) is 5.07. The topological polar surface area (TPSA) is 12.0 Å². The largest absolute Gasteiger partial charge is 0.317 e. The molecule has 1 N–H and O–H groups in total. The van der Waals surface area contributed by atoms with Crippen LogP contribution >= 0.6 is 0 Å². The zero-order valence-electron chi connectivity index (χ0n) is 14.3. The van der Waals surface area contributed by atoms with Gasteiger partial charge in [-0.2, -0.15) is 0 Å². The molecule has 0 aromatic rings. The smallest absolute Gasteiger partial charge is 0.00463 e.